The number of imide groups is 1. The van der Waals surface area contributed by atoms with Gasteiger partial charge in [0.2, 0.25) is 17.7 Å². The van der Waals surface area contributed by atoms with Gasteiger partial charge < -0.3 is 5.32 Å². The second kappa shape index (κ2) is 7.45. The van der Waals surface area contributed by atoms with Crippen molar-refractivity contribution < 1.29 is 22.8 Å². The van der Waals surface area contributed by atoms with E-state index in [0.29, 0.717) is 5.69 Å². The molecule has 0 bridgehead atoms. The Morgan fingerprint density at radius 3 is 2.37 bits per heavy atom. The summed E-state index contributed by atoms with van der Waals surface area (Å²) in [5, 5.41) is 4.47. The maximum atomic E-state index is 12.3. The SMILES string of the molecule is C[C@@H](C(=O)Nc1ccc(S(=O)(=O)Nc2nccs2)cc1)N1C(=O)CCC1=O. The third-order valence-corrected chi connectivity index (χ3v) is 6.12. The van der Waals surface area contributed by atoms with Crippen molar-refractivity contribution in [2.24, 2.45) is 0 Å². The highest BCUT2D eigenvalue weighted by atomic mass is 32.2. The molecule has 11 heteroatoms. The number of benzene rings is 1. The Hall–Kier alpha value is -2.79. The molecule has 1 aromatic heterocycles. The first kappa shape index (κ1) is 19.0. The topological polar surface area (TPSA) is 126 Å². The van der Waals surface area contributed by atoms with Gasteiger partial charge in [-0.15, -0.1) is 11.3 Å². The first-order chi connectivity index (χ1) is 12.8. The zero-order valence-electron chi connectivity index (χ0n) is 14.2. The molecule has 3 rings (SSSR count). The molecule has 1 aliphatic heterocycles. The zero-order chi connectivity index (χ0) is 19.6. The van der Waals surface area contributed by atoms with Crippen molar-refractivity contribution in [2.45, 2.75) is 30.7 Å². The predicted octanol–water partition coefficient (Wildman–Crippen LogP) is 1.42. The zero-order valence-corrected chi connectivity index (χ0v) is 15.8. The summed E-state index contributed by atoms with van der Waals surface area (Å²) < 4.78 is 26.9. The van der Waals surface area contributed by atoms with Crippen molar-refractivity contribution in [3.05, 3.63) is 35.8 Å². The summed E-state index contributed by atoms with van der Waals surface area (Å²) in [5.74, 6) is -1.29. The van der Waals surface area contributed by atoms with Gasteiger partial charge in [0.15, 0.2) is 5.13 Å². The molecule has 2 aromatic rings. The molecule has 0 unspecified atom stereocenters. The van der Waals surface area contributed by atoms with Gasteiger partial charge in [-0.25, -0.2) is 13.4 Å². The molecule has 1 aromatic carbocycles. The standard InChI is InChI=1S/C16H16N4O5S2/c1-10(20-13(21)6-7-14(20)22)15(23)18-11-2-4-12(5-3-11)27(24,25)19-16-17-8-9-26-16/h2-5,8-10H,6-7H2,1H3,(H,17,19)(H,18,23)/t10-/m0/s1. The van der Waals surface area contributed by atoms with Crippen LogP contribution in [0.2, 0.25) is 0 Å². The molecule has 0 saturated carbocycles. The number of carbonyl (C=O) groups excluding carboxylic acids is 3. The van der Waals surface area contributed by atoms with Crippen LogP contribution in [0, 0.1) is 0 Å². The Morgan fingerprint density at radius 1 is 1.19 bits per heavy atom. The minimum Gasteiger partial charge on any atom is -0.324 e. The van der Waals surface area contributed by atoms with Crippen LogP contribution in [0.1, 0.15) is 19.8 Å². The van der Waals surface area contributed by atoms with Crippen LogP contribution in [-0.4, -0.2) is 42.1 Å². The third kappa shape index (κ3) is 4.14. The number of hydrogen-bond donors (Lipinski definition) is 2. The first-order valence-electron chi connectivity index (χ1n) is 7.96. The van der Waals surface area contributed by atoms with Crippen LogP contribution in [0.5, 0.6) is 0 Å². The number of aromatic nitrogens is 1. The first-order valence-corrected chi connectivity index (χ1v) is 10.3. The van der Waals surface area contributed by atoms with Gasteiger partial charge in [-0.3, -0.25) is 24.0 Å². The number of nitrogens with zero attached hydrogens (tertiary/aromatic N) is 2. The summed E-state index contributed by atoms with van der Waals surface area (Å²) in [7, 11) is -3.78. The number of likely N-dealkylation sites (tertiary alicyclic amines) is 1. The van der Waals surface area contributed by atoms with Crippen LogP contribution >= 0.6 is 11.3 Å². The van der Waals surface area contributed by atoms with Crippen molar-refractivity contribution >= 4 is 49.9 Å². The highest BCUT2D eigenvalue weighted by Crippen LogP contribution is 2.20. The molecule has 2 N–H and O–H groups in total. The number of nitrogens with one attached hydrogen (secondary N) is 2. The molecule has 1 saturated heterocycles. The molecule has 0 radical (unpaired) electrons. The summed E-state index contributed by atoms with van der Waals surface area (Å²) >= 11 is 1.15. The molecule has 0 spiro atoms. The van der Waals surface area contributed by atoms with Crippen molar-refractivity contribution in [3.8, 4) is 0 Å². The normalized spacial score (nSPS) is 15.7. The second-order valence-electron chi connectivity index (χ2n) is 5.79. The summed E-state index contributed by atoms with van der Waals surface area (Å²) in [6.07, 6.45) is 1.70. The number of sulfonamides is 1. The fourth-order valence-electron chi connectivity index (χ4n) is 2.55. The van der Waals surface area contributed by atoms with Crippen molar-refractivity contribution in [3.63, 3.8) is 0 Å². The van der Waals surface area contributed by atoms with Crippen molar-refractivity contribution in [1.82, 2.24) is 9.88 Å². The lowest BCUT2D eigenvalue weighted by molar-refractivity contribution is -0.144. The highest BCUT2D eigenvalue weighted by Gasteiger charge is 2.36. The van der Waals surface area contributed by atoms with Crippen LogP contribution in [0.4, 0.5) is 10.8 Å². The van der Waals surface area contributed by atoms with E-state index in [1.165, 1.54) is 37.4 Å². The largest absolute Gasteiger partial charge is 0.324 e. The van der Waals surface area contributed by atoms with E-state index in [9.17, 15) is 22.8 Å². The smallest absolute Gasteiger partial charge is 0.263 e. The molecule has 142 valence electrons. The van der Waals surface area contributed by atoms with Crippen molar-refractivity contribution in [1.29, 1.82) is 0 Å². The van der Waals surface area contributed by atoms with Gasteiger partial charge in [0.05, 0.1) is 4.90 Å². The molecule has 27 heavy (non-hydrogen) atoms. The minimum absolute atomic E-state index is 0.00801. The highest BCUT2D eigenvalue weighted by molar-refractivity contribution is 7.93. The number of rotatable bonds is 6. The molecular weight excluding hydrogens is 392 g/mol. The lowest BCUT2D eigenvalue weighted by atomic mass is 10.2. The van der Waals surface area contributed by atoms with E-state index >= 15 is 0 Å². The van der Waals surface area contributed by atoms with Gasteiger partial charge in [-0.2, -0.15) is 0 Å². The van der Waals surface area contributed by atoms with Gasteiger partial charge in [-0.1, -0.05) is 0 Å². The van der Waals surface area contributed by atoms with E-state index in [1.54, 1.807) is 5.38 Å². The maximum Gasteiger partial charge on any atom is 0.263 e. The number of thiazole rings is 1. The second-order valence-corrected chi connectivity index (χ2v) is 8.37. The Balaban J connectivity index is 1.67. The predicted molar refractivity (Wildman–Crippen MR) is 98.5 cm³/mol. The number of anilines is 2. The van der Waals surface area contributed by atoms with Gasteiger partial charge in [-0.05, 0) is 31.2 Å². The Morgan fingerprint density at radius 2 is 1.81 bits per heavy atom. The Kier molecular flexibility index (Phi) is 5.24. The average molecular weight is 408 g/mol. The molecular formula is C16H16N4O5S2. The van der Waals surface area contributed by atoms with E-state index in [-0.39, 0.29) is 34.7 Å². The van der Waals surface area contributed by atoms with Gasteiger partial charge in [0, 0.05) is 30.1 Å². The van der Waals surface area contributed by atoms with Crippen LogP contribution < -0.4 is 10.0 Å². The molecule has 9 nitrogen and oxygen atoms in total. The minimum atomic E-state index is -3.78. The number of carbonyl (C=O) groups is 3. The Labute approximate surface area is 159 Å². The van der Waals surface area contributed by atoms with E-state index in [0.717, 1.165) is 16.2 Å². The fourth-order valence-corrected chi connectivity index (χ4v) is 4.34. The quantitative estimate of drug-likeness (QED) is 0.696. The average Bonchev–Trinajstić information content (AvgIpc) is 3.24. The molecule has 2 heterocycles. The van der Waals surface area contributed by atoms with Gasteiger partial charge in [0.25, 0.3) is 10.0 Å². The van der Waals surface area contributed by atoms with Crippen molar-refractivity contribution in [2.75, 3.05) is 10.0 Å². The fraction of sp³-hybridized carbons (Fsp3) is 0.250. The van der Waals surface area contributed by atoms with Crippen LogP contribution in [0.25, 0.3) is 0 Å². The van der Waals surface area contributed by atoms with E-state index in [4.69, 9.17) is 0 Å². The van der Waals surface area contributed by atoms with E-state index in [2.05, 4.69) is 15.0 Å². The molecule has 0 aliphatic carbocycles. The molecule has 3 amide bonds. The van der Waals surface area contributed by atoms with E-state index < -0.39 is 22.0 Å². The van der Waals surface area contributed by atoms with Crippen LogP contribution in [-0.2, 0) is 24.4 Å². The maximum absolute atomic E-state index is 12.3. The summed E-state index contributed by atoms with van der Waals surface area (Å²) in [6, 6.07) is 4.58. The summed E-state index contributed by atoms with van der Waals surface area (Å²) in [6.45, 7) is 1.47. The molecule has 1 aliphatic rings. The van der Waals surface area contributed by atoms with Gasteiger partial charge >= 0.3 is 0 Å². The third-order valence-electron chi connectivity index (χ3n) is 3.94. The summed E-state index contributed by atoms with van der Waals surface area (Å²) in [4.78, 5) is 40.5. The Bertz CT molecular complexity index is 955. The number of amides is 3. The monoisotopic (exact) mass is 408 g/mol. The number of hydrogen-bond acceptors (Lipinski definition) is 7. The van der Waals surface area contributed by atoms with E-state index in [1.807, 2.05) is 0 Å². The van der Waals surface area contributed by atoms with Crippen LogP contribution in [0.15, 0.2) is 40.7 Å². The van der Waals surface area contributed by atoms with Crippen LogP contribution in [0.3, 0.4) is 0 Å². The lowest BCUT2D eigenvalue weighted by Gasteiger charge is -2.21. The lowest BCUT2D eigenvalue weighted by Crippen LogP contribution is -2.44. The molecule has 1 atom stereocenters. The molecule has 1 fully saturated rings. The summed E-state index contributed by atoms with van der Waals surface area (Å²) in [5.41, 5.74) is 0.346. The van der Waals surface area contributed by atoms with Gasteiger partial charge in [0.1, 0.15) is 6.04 Å².